The maximum Gasteiger partial charge on any atom is 0.136 e. The summed E-state index contributed by atoms with van der Waals surface area (Å²) in [4.78, 5) is 9.29. The maximum absolute atomic E-state index is 5.92. The van der Waals surface area contributed by atoms with Gasteiger partial charge in [0.25, 0.3) is 0 Å². The van der Waals surface area contributed by atoms with E-state index < -0.39 is 0 Å². The van der Waals surface area contributed by atoms with Gasteiger partial charge in [0.05, 0.1) is 5.88 Å². The van der Waals surface area contributed by atoms with Crippen LogP contribution in [0.3, 0.4) is 0 Å². The largest absolute Gasteiger partial charge is 0.240 e. The van der Waals surface area contributed by atoms with Gasteiger partial charge in [0, 0.05) is 23.4 Å². The van der Waals surface area contributed by atoms with Gasteiger partial charge >= 0.3 is 0 Å². The van der Waals surface area contributed by atoms with Crippen LogP contribution in [0.5, 0.6) is 0 Å². The van der Waals surface area contributed by atoms with Gasteiger partial charge in [-0.3, -0.25) is 0 Å². The lowest BCUT2D eigenvalue weighted by Gasteiger charge is -2.12. The lowest BCUT2D eigenvalue weighted by Crippen LogP contribution is -2.07. The average Bonchev–Trinajstić information content (AvgIpc) is 2.90. The summed E-state index contributed by atoms with van der Waals surface area (Å²) in [5.41, 5.74) is 4.97. The van der Waals surface area contributed by atoms with Crippen molar-refractivity contribution in [3.63, 3.8) is 0 Å². The third kappa shape index (κ3) is 2.25. The summed E-state index contributed by atoms with van der Waals surface area (Å²) in [6, 6.07) is 8.63. The monoisotopic (exact) mass is 272 g/mol. The topological polar surface area (TPSA) is 25.8 Å². The molecule has 3 heteroatoms. The molecule has 1 aromatic carbocycles. The number of aromatic nitrogens is 2. The van der Waals surface area contributed by atoms with Crippen LogP contribution in [0.25, 0.3) is 0 Å². The Balaban J connectivity index is 2.00. The zero-order chi connectivity index (χ0) is 13.2. The summed E-state index contributed by atoms with van der Waals surface area (Å²) in [7, 11) is 0. The molecule has 0 aliphatic heterocycles. The molecule has 1 aliphatic carbocycles. The van der Waals surface area contributed by atoms with Crippen molar-refractivity contribution in [1.82, 2.24) is 9.97 Å². The smallest absolute Gasteiger partial charge is 0.136 e. The van der Waals surface area contributed by atoms with Crippen LogP contribution >= 0.6 is 11.6 Å². The molecule has 1 aliphatic rings. The lowest BCUT2D eigenvalue weighted by atomic mass is 10.00. The van der Waals surface area contributed by atoms with E-state index in [1.807, 2.05) is 6.20 Å². The highest BCUT2D eigenvalue weighted by atomic mass is 35.5. The van der Waals surface area contributed by atoms with E-state index in [-0.39, 0.29) is 0 Å². The van der Waals surface area contributed by atoms with Gasteiger partial charge in [-0.2, -0.15) is 0 Å². The van der Waals surface area contributed by atoms with E-state index in [1.54, 1.807) is 0 Å². The van der Waals surface area contributed by atoms with Crippen molar-refractivity contribution < 1.29 is 0 Å². The molecule has 98 valence electrons. The molecule has 0 bridgehead atoms. The molecule has 0 radical (unpaired) electrons. The van der Waals surface area contributed by atoms with E-state index in [0.717, 1.165) is 36.3 Å². The number of hydrogen-bond donors (Lipinski definition) is 0. The molecule has 1 unspecified atom stereocenters. The number of rotatable bonds is 3. The number of aryl methyl sites for hydroxylation is 2. The first kappa shape index (κ1) is 12.6. The highest BCUT2D eigenvalue weighted by Gasteiger charge is 2.26. The zero-order valence-electron chi connectivity index (χ0n) is 11.1. The number of nitrogens with zero attached hydrogens (tertiary/aromatic N) is 2. The summed E-state index contributed by atoms with van der Waals surface area (Å²) in [5, 5.41) is 0. The molecule has 2 nitrogen and oxygen atoms in total. The molecular formula is C16H17ClN2. The highest BCUT2D eigenvalue weighted by molar-refractivity contribution is 6.17. The Morgan fingerprint density at radius 2 is 2.16 bits per heavy atom. The second-order valence-corrected chi connectivity index (χ2v) is 5.24. The normalized spacial score (nSPS) is 17.5. The van der Waals surface area contributed by atoms with E-state index in [2.05, 4.69) is 36.2 Å². The molecule has 1 aromatic heterocycles. The van der Waals surface area contributed by atoms with E-state index in [1.165, 1.54) is 11.1 Å². The number of alkyl halides is 1. The van der Waals surface area contributed by atoms with E-state index >= 15 is 0 Å². The average molecular weight is 273 g/mol. The third-order valence-electron chi connectivity index (χ3n) is 3.90. The van der Waals surface area contributed by atoms with Crippen LogP contribution in [0.15, 0.2) is 30.5 Å². The van der Waals surface area contributed by atoms with Gasteiger partial charge in [0.15, 0.2) is 0 Å². The van der Waals surface area contributed by atoms with Gasteiger partial charge < -0.3 is 0 Å². The minimum atomic E-state index is 0.353. The Labute approximate surface area is 118 Å². The molecule has 0 saturated heterocycles. The maximum atomic E-state index is 5.92. The van der Waals surface area contributed by atoms with E-state index in [0.29, 0.717) is 11.8 Å². The highest BCUT2D eigenvalue weighted by Crippen LogP contribution is 2.36. The first-order chi connectivity index (χ1) is 9.33. The fraction of sp³-hybridized carbons (Fsp3) is 0.375. The van der Waals surface area contributed by atoms with Gasteiger partial charge in [-0.25, -0.2) is 9.97 Å². The predicted octanol–water partition coefficient (Wildman–Crippen LogP) is 3.86. The summed E-state index contributed by atoms with van der Waals surface area (Å²) in [5.74, 6) is 1.80. The van der Waals surface area contributed by atoms with Gasteiger partial charge in [-0.1, -0.05) is 31.2 Å². The van der Waals surface area contributed by atoms with Crippen molar-refractivity contribution in [2.24, 2.45) is 0 Å². The molecular weight excluding hydrogens is 256 g/mol. The van der Waals surface area contributed by atoms with Crippen molar-refractivity contribution in [2.75, 3.05) is 0 Å². The van der Waals surface area contributed by atoms with Crippen molar-refractivity contribution in [3.05, 3.63) is 58.7 Å². The van der Waals surface area contributed by atoms with Gasteiger partial charge in [0.1, 0.15) is 5.82 Å². The molecule has 0 saturated carbocycles. The second-order valence-electron chi connectivity index (χ2n) is 4.98. The van der Waals surface area contributed by atoms with Crippen LogP contribution in [0, 0.1) is 0 Å². The molecule has 3 rings (SSSR count). The number of hydrogen-bond acceptors (Lipinski definition) is 2. The molecule has 0 N–H and O–H groups in total. The van der Waals surface area contributed by atoms with Crippen LogP contribution in [0.1, 0.15) is 47.5 Å². The van der Waals surface area contributed by atoms with Crippen molar-refractivity contribution in [2.45, 2.75) is 38.0 Å². The molecule has 0 amide bonds. The van der Waals surface area contributed by atoms with Gasteiger partial charge in [0.2, 0.25) is 0 Å². The summed E-state index contributed by atoms with van der Waals surface area (Å²) in [6.45, 7) is 2.12. The second kappa shape index (κ2) is 5.30. The standard InChI is InChI=1S/C16H17ClN2/c1-2-15-12(9-17)10-18-16(19-15)14-8-7-11-5-3-4-6-13(11)14/h3-6,10,14H,2,7-9H2,1H3. The Morgan fingerprint density at radius 3 is 2.95 bits per heavy atom. The minimum absolute atomic E-state index is 0.353. The Hall–Kier alpha value is -1.41. The van der Waals surface area contributed by atoms with E-state index in [9.17, 15) is 0 Å². The number of fused-ring (bicyclic) bond motifs is 1. The molecule has 1 heterocycles. The summed E-state index contributed by atoms with van der Waals surface area (Å²) >= 11 is 5.92. The van der Waals surface area contributed by atoms with Crippen molar-refractivity contribution in [1.29, 1.82) is 0 Å². The van der Waals surface area contributed by atoms with Crippen molar-refractivity contribution >= 4 is 11.6 Å². The van der Waals surface area contributed by atoms with Crippen LogP contribution in [0.4, 0.5) is 0 Å². The fourth-order valence-corrected chi connectivity index (χ4v) is 3.09. The quantitative estimate of drug-likeness (QED) is 0.793. The van der Waals surface area contributed by atoms with Crippen molar-refractivity contribution in [3.8, 4) is 0 Å². The SMILES string of the molecule is CCc1nc(C2CCc3ccccc32)ncc1CCl. The Morgan fingerprint density at radius 1 is 1.32 bits per heavy atom. The first-order valence-electron chi connectivity index (χ1n) is 6.82. The predicted molar refractivity (Wildman–Crippen MR) is 77.6 cm³/mol. The summed E-state index contributed by atoms with van der Waals surface area (Å²) in [6.07, 6.45) is 5.05. The van der Waals surface area contributed by atoms with Crippen LogP contribution in [-0.4, -0.2) is 9.97 Å². The molecule has 2 aromatic rings. The minimum Gasteiger partial charge on any atom is -0.240 e. The first-order valence-corrected chi connectivity index (χ1v) is 7.35. The van der Waals surface area contributed by atoms with Crippen LogP contribution in [-0.2, 0) is 18.7 Å². The molecule has 0 fully saturated rings. The van der Waals surface area contributed by atoms with E-state index in [4.69, 9.17) is 16.6 Å². The molecule has 19 heavy (non-hydrogen) atoms. The third-order valence-corrected chi connectivity index (χ3v) is 4.18. The fourth-order valence-electron chi connectivity index (χ4n) is 2.87. The van der Waals surface area contributed by atoms with Gasteiger partial charge in [-0.05, 0) is 30.4 Å². The molecule has 1 atom stereocenters. The zero-order valence-corrected chi connectivity index (χ0v) is 11.8. The summed E-state index contributed by atoms with van der Waals surface area (Å²) < 4.78 is 0. The van der Waals surface area contributed by atoms with Gasteiger partial charge in [-0.15, -0.1) is 11.6 Å². The molecule has 0 spiro atoms. The van der Waals surface area contributed by atoms with Crippen LogP contribution in [0.2, 0.25) is 0 Å². The van der Waals surface area contributed by atoms with Crippen LogP contribution < -0.4 is 0 Å². The Bertz CT molecular complexity index is 595. The Kier molecular flexibility index (Phi) is 3.52. The number of halogens is 1. The number of benzene rings is 1. The lowest BCUT2D eigenvalue weighted by molar-refractivity contribution is 0.715.